The Labute approximate surface area is 260 Å². The number of hydrogen-bond donors (Lipinski definition) is 3. The molecule has 4 aliphatic carbocycles. The van der Waals surface area contributed by atoms with Gasteiger partial charge in [-0.1, -0.05) is 36.4 Å². The van der Waals surface area contributed by atoms with Gasteiger partial charge in [0.1, 0.15) is 6.04 Å². The van der Waals surface area contributed by atoms with Crippen LogP contribution in [-0.2, 0) is 16.0 Å². The fourth-order valence-corrected chi connectivity index (χ4v) is 8.38. The summed E-state index contributed by atoms with van der Waals surface area (Å²) in [6.45, 7) is 2.81. The summed E-state index contributed by atoms with van der Waals surface area (Å²) in [5.74, 6) is 1.92. The second kappa shape index (κ2) is 13.8. The fraction of sp³-hybridized carbons (Fsp3) is 0.545. The minimum absolute atomic E-state index is 0. The van der Waals surface area contributed by atoms with E-state index in [1.807, 2.05) is 49.6 Å². The fourth-order valence-electron chi connectivity index (χ4n) is 7.91. The molecule has 0 aromatic heterocycles. The summed E-state index contributed by atoms with van der Waals surface area (Å²) in [5, 5.41) is 15.6. The third-order valence-electron chi connectivity index (χ3n) is 9.44. The molecule has 0 heterocycles. The summed E-state index contributed by atoms with van der Waals surface area (Å²) in [6.07, 6.45) is 11.3. The molecule has 4 fully saturated rings. The van der Waals surface area contributed by atoms with Crippen molar-refractivity contribution >= 4 is 48.4 Å². The SMILES string of the molecule is CSCC[C@H](NC(=O)c1ccc(CCC(=O)NCC23CC4CC(CC(C4)C2)C3)cc1-c1ccccc1C)C(=O)O.[LiH]. The Balaban J connectivity index is 0.00000387. The maximum atomic E-state index is 13.3. The van der Waals surface area contributed by atoms with Gasteiger partial charge in [0, 0.05) is 18.5 Å². The molecule has 8 heteroatoms. The summed E-state index contributed by atoms with van der Waals surface area (Å²) in [6, 6.07) is 12.6. The summed E-state index contributed by atoms with van der Waals surface area (Å²) in [7, 11) is 0. The Morgan fingerprint density at radius 1 is 1.00 bits per heavy atom. The van der Waals surface area contributed by atoms with Crippen LogP contribution in [0.2, 0.25) is 0 Å². The molecule has 0 spiro atoms. The third kappa shape index (κ3) is 7.61. The molecule has 0 radical (unpaired) electrons. The van der Waals surface area contributed by atoms with Gasteiger partial charge in [-0.2, -0.15) is 11.8 Å². The van der Waals surface area contributed by atoms with Gasteiger partial charge in [-0.05, 0) is 122 Å². The molecule has 3 N–H and O–H groups in total. The zero-order valence-corrected chi connectivity index (χ0v) is 24.5. The zero-order valence-electron chi connectivity index (χ0n) is 23.7. The summed E-state index contributed by atoms with van der Waals surface area (Å²) >= 11 is 1.55. The van der Waals surface area contributed by atoms with Gasteiger partial charge >= 0.3 is 24.8 Å². The number of aliphatic carboxylic acids is 1. The van der Waals surface area contributed by atoms with Crippen molar-refractivity contribution in [2.24, 2.45) is 23.2 Å². The van der Waals surface area contributed by atoms with Crippen LogP contribution in [-0.4, -0.2) is 66.3 Å². The van der Waals surface area contributed by atoms with Gasteiger partial charge in [-0.25, -0.2) is 4.79 Å². The molecule has 6 rings (SSSR count). The number of benzene rings is 2. The first-order chi connectivity index (χ1) is 19.2. The van der Waals surface area contributed by atoms with Crippen molar-refractivity contribution < 1.29 is 19.5 Å². The number of amides is 2. The van der Waals surface area contributed by atoms with Crippen LogP contribution in [0, 0.1) is 30.1 Å². The van der Waals surface area contributed by atoms with Crippen LogP contribution in [0.1, 0.15) is 72.9 Å². The molecule has 4 aliphatic rings. The number of carbonyl (C=O) groups excluding carboxylic acids is 2. The van der Waals surface area contributed by atoms with E-state index in [0.717, 1.165) is 46.6 Å². The van der Waals surface area contributed by atoms with Crippen molar-refractivity contribution in [3.63, 3.8) is 0 Å². The molecule has 216 valence electrons. The van der Waals surface area contributed by atoms with Crippen LogP contribution in [0.15, 0.2) is 42.5 Å². The summed E-state index contributed by atoms with van der Waals surface area (Å²) in [5.41, 5.74) is 4.46. The van der Waals surface area contributed by atoms with E-state index in [-0.39, 0.29) is 24.8 Å². The zero-order chi connectivity index (χ0) is 28.3. The van der Waals surface area contributed by atoms with Gasteiger partial charge in [0.25, 0.3) is 5.91 Å². The molecule has 1 atom stereocenters. The molecule has 41 heavy (non-hydrogen) atoms. The first-order valence-electron chi connectivity index (χ1n) is 14.7. The van der Waals surface area contributed by atoms with Crippen molar-refractivity contribution in [3.05, 3.63) is 59.2 Å². The normalized spacial score (nSPS) is 24.8. The van der Waals surface area contributed by atoms with Crippen LogP contribution < -0.4 is 10.6 Å². The topological polar surface area (TPSA) is 95.5 Å². The number of hydrogen-bond acceptors (Lipinski definition) is 4. The molecule has 6 nitrogen and oxygen atoms in total. The van der Waals surface area contributed by atoms with Gasteiger partial charge in [0.15, 0.2) is 0 Å². The van der Waals surface area contributed by atoms with Gasteiger partial charge in [0.2, 0.25) is 5.91 Å². The molecular formula is C33H43LiN2O4S. The van der Waals surface area contributed by atoms with Gasteiger partial charge < -0.3 is 15.7 Å². The predicted octanol–water partition coefficient (Wildman–Crippen LogP) is 5.21. The van der Waals surface area contributed by atoms with E-state index in [1.54, 1.807) is 17.8 Å². The Morgan fingerprint density at radius 2 is 1.66 bits per heavy atom. The Hall–Kier alpha value is -2.20. The minimum atomic E-state index is -1.03. The molecule has 4 bridgehead atoms. The van der Waals surface area contributed by atoms with Crippen molar-refractivity contribution in [1.82, 2.24) is 10.6 Å². The Bertz CT molecular complexity index is 1230. The van der Waals surface area contributed by atoms with Crippen molar-refractivity contribution in [3.8, 4) is 11.1 Å². The van der Waals surface area contributed by atoms with E-state index in [1.165, 1.54) is 38.5 Å². The van der Waals surface area contributed by atoms with Gasteiger partial charge in [-0.3, -0.25) is 9.59 Å². The standard InChI is InChI=1S/C33H42N2O4S.Li.H/c1-21-5-3-4-6-26(21)28-16-22(7-9-27(28)31(37)35-29(32(38)39)11-12-40-2)8-10-30(36)34-20-33-17-23-13-24(18-33)15-25(14-23)19-33;;/h3-7,9,16,23-25,29H,8,10-15,17-20H2,1-2H3,(H,34,36)(H,35,37)(H,38,39);;/t23?,24?,25?,29-,33?;;/m0../s1. The first-order valence-corrected chi connectivity index (χ1v) is 16.1. The molecule has 0 saturated heterocycles. The van der Waals surface area contributed by atoms with E-state index < -0.39 is 17.9 Å². The third-order valence-corrected chi connectivity index (χ3v) is 10.1. The quantitative estimate of drug-likeness (QED) is 0.305. The van der Waals surface area contributed by atoms with Crippen molar-refractivity contribution in [2.75, 3.05) is 18.6 Å². The average Bonchev–Trinajstić information content (AvgIpc) is 2.92. The molecular weight excluding hydrogens is 527 g/mol. The number of thioether (sulfide) groups is 1. The summed E-state index contributed by atoms with van der Waals surface area (Å²) in [4.78, 5) is 38.0. The van der Waals surface area contributed by atoms with Crippen LogP contribution >= 0.6 is 11.8 Å². The number of carboxylic acid groups (broad SMARTS) is 1. The Morgan fingerprint density at radius 3 is 2.27 bits per heavy atom. The monoisotopic (exact) mass is 570 g/mol. The second-order valence-corrected chi connectivity index (χ2v) is 13.5. The number of carboxylic acids is 1. The number of rotatable bonds is 12. The van der Waals surface area contributed by atoms with Crippen LogP contribution in [0.25, 0.3) is 11.1 Å². The van der Waals surface area contributed by atoms with E-state index >= 15 is 0 Å². The van der Waals surface area contributed by atoms with Crippen LogP contribution in [0.5, 0.6) is 0 Å². The van der Waals surface area contributed by atoms with Crippen LogP contribution in [0.4, 0.5) is 0 Å². The van der Waals surface area contributed by atoms with E-state index in [2.05, 4.69) is 10.6 Å². The second-order valence-electron chi connectivity index (χ2n) is 12.5. The molecule has 2 amide bonds. The molecule has 0 unspecified atom stereocenters. The predicted molar refractivity (Wildman–Crippen MR) is 168 cm³/mol. The summed E-state index contributed by atoms with van der Waals surface area (Å²) < 4.78 is 0. The van der Waals surface area contributed by atoms with Crippen LogP contribution in [0.3, 0.4) is 0 Å². The Kier molecular flexibility index (Phi) is 10.7. The molecule has 0 aliphatic heterocycles. The van der Waals surface area contributed by atoms with E-state index in [0.29, 0.717) is 36.0 Å². The van der Waals surface area contributed by atoms with Gasteiger partial charge in [0.05, 0.1) is 0 Å². The van der Waals surface area contributed by atoms with Crippen molar-refractivity contribution in [1.29, 1.82) is 0 Å². The molecule has 2 aromatic carbocycles. The molecule has 4 saturated carbocycles. The number of carbonyl (C=O) groups is 3. The first kappa shape index (κ1) is 31.7. The number of aryl methyl sites for hydroxylation is 2. The number of nitrogens with one attached hydrogen (secondary N) is 2. The molecule has 2 aromatic rings. The van der Waals surface area contributed by atoms with E-state index in [4.69, 9.17) is 0 Å². The maximum absolute atomic E-state index is 13.3. The van der Waals surface area contributed by atoms with Crippen molar-refractivity contribution in [2.45, 2.75) is 70.8 Å². The van der Waals surface area contributed by atoms with Gasteiger partial charge in [-0.15, -0.1) is 0 Å². The van der Waals surface area contributed by atoms with E-state index in [9.17, 15) is 19.5 Å². The average molecular weight is 571 g/mol.